The fraction of sp³-hybridized carbons (Fsp3) is 0.0741. The molecule has 0 radical (unpaired) electrons. The van der Waals surface area contributed by atoms with E-state index in [1.54, 1.807) is 42.2 Å². The first-order chi connectivity index (χ1) is 22.9. The van der Waals surface area contributed by atoms with Crippen LogP contribution in [0.15, 0.2) is 91.6 Å². The summed E-state index contributed by atoms with van der Waals surface area (Å²) >= 11 is 0. The van der Waals surface area contributed by atoms with E-state index in [0.29, 0.717) is 24.4 Å². The first kappa shape index (κ1) is 34.9. The minimum atomic E-state index is -5.12. The van der Waals surface area contributed by atoms with Crippen molar-refractivity contribution in [1.29, 1.82) is 0 Å². The van der Waals surface area contributed by atoms with Gasteiger partial charge in [-0.25, -0.2) is 0 Å². The van der Waals surface area contributed by atoms with E-state index in [1.165, 1.54) is 0 Å². The second kappa shape index (κ2) is 12.9. The molecule has 0 aliphatic carbocycles. The Morgan fingerprint density at radius 3 is 2.12 bits per heavy atom. The maximum atomic E-state index is 14.5. The number of nitrogens with one attached hydrogen (secondary N) is 1. The van der Waals surface area contributed by atoms with Crippen molar-refractivity contribution in [3.8, 4) is 5.75 Å². The number of anilines is 5. The van der Waals surface area contributed by atoms with Crippen molar-refractivity contribution in [3.63, 3.8) is 0 Å². The minimum absolute atomic E-state index is 0.0224. The number of fused-ring (bicyclic) bond motifs is 1. The predicted molar refractivity (Wildman–Crippen MR) is 172 cm³/mol. The SMILES string of the molecule is CCN(c1ccccc1)c1nc(F)nc(Nc2ccc(S(=O)(=O)O)c(N=Nc3c(N)c(S(=O)(=O)O)cc4cc(S(=O)(=O)O)cc(O)c34)c2)n1. The Balaban J connectivity index is 1.64. The summed E-state index contributed by atoms with van der Waals surface area (Å²) in [5.41, 5.74) is 4.46. The maximum Gasteiger partial charge on any atom is 0.315 e. The molecule has 18 nitrogen and oxygen atoms in total. The van der Waals surface area contributed by atoms with Crippen LogP contribution in [0.25, 0.3) is 10.8 Å². The van der Waals surface area contributed by atoms with E-state index < -0.39 is 84.7 Å². The van der Waals surface area contributed by atoms with E-state index in [2.05, 4.69) is 30.5 Å². The number of phenolic OH excluding ortho intramolecular Hbond substituents is 1. The first-order valence-corrected chi connectivity index (χ1v) is 17.8. The Hall–Kier alpha value is -5.39. The van der Waals surface area contributed by atoms with E-state index >= 15 is 0 Å². The van der Waals surface area contributed by atoms with Crippen molar-refractivity contribution >= 4 is 81.5 Å². The van der Waals surface area contributed by atoms with Gasteiger partial charge in [0.2, 0.25) is 11.9 Å². The molecule has 0 spiro atoms. The Morgan fingerprint density at radius 1 is 0.837 bits per heavy atom. The molecule has 0 aliphatic heterocycles. The standard InChI is InChI=1S/C27H23FN8O10S3/c1-2-36(16-6-4-3-5-7-16)27-32-25(28)31-26(33-27)30-15-8-9-20(48(41,42)43)18(12-15)34-35-24-22-14(11-21(23(24)29)49(44,45)46)10-17(13-19(22)37)47(38,39)40/h3-13,37H,2,29H2,1H3,(H,38,39,40)(H,41,42,43)(H,44,45,46)(H,30,31,32,33). The zero-order valence-electron chi connectivity index (χ0n) is 24.7. The molecule has 0 unspecified atom stereocenters. The number of phenols is 1. The summed E-state index contributed by atoms with van der Waals surface area (Å²) in [6.07, 6.45) is -1.16. The number of rotatable bonds is 10. The van der Waals surface area contributed by atoms with E-state index in [0.717, 1.165) is 24.3 Å². The van der Waals surface area contributed by atoms with Crippen molar-refractivity contribution in [2.75, 3.05) is 22.5 Å². The van der Waals surface area contributed by atoms with Gasteiger partial charge in [0, 0.05) is 24.0 Å². The van der Waals surface area contributed by atoms with E-state index in [4.69, 9.17) is 5.73 Å². The zero-order chi connectivity index (χ0) is 35.9. The summed E-state index contributed by atoms with van der Waals surface area (Å²) in [6, 6.07) is 13.9. The summed E-state index contributed by atoms with van der Waals surface area (Å²) in [5.74, 6) is -1.28. The molecular weight excluding hydrogens is 712 g/mol. The van der Waals surface area contributed by atoms with Gasteiger partial charge in [0.1, 0.15) is 26.9 Å². The van der Waals surface area contributed by atoms with E-state index in [1.807, 2.05) is 0 Å². The number of hydrogen-bond acceptors (Lipinski definition) is 15. The number of hydrogen-bond donors (Lipinski definition) is 6. The van der Waals surface area contributed by atoms with Crippen molar-refractivity contribution in [2.24, 2.45) is 10.2 Å². The molecule has 4 aromatic carbocycles. The van der Waals surface area contributed by atoms with Crippen LogP contribution in [0.2, 0.25) is 0 Å². The number of para-hydroxylation sites is 1. The molecule has 0 saturated carbocycles. The lowest BCUT2D eigenvalue weighted by Crippen LogP contribution is -2.20. The van der Waals surface area contributed by atoms with E-state index in [9.17, 15) is 48.4 Å². The van der Waals surface area contributed by atoms with Gasteiger partial charge >= 0.3 is 6.08 Å². The van der Waals surface area contributed by atoms with Gasteiger partial charge in [0.15, 0.2) is 0 Å². The molecule has 1 aromatic heterocycles. The number of nitrogens with zero attached hydrogens (tertiary/aromatic N) is 6. The summed E-state index contributed by atoms with van der Waals surface area (Å²) < 4.78 is 116. The maximum absolute atomic E-state index is 14.5. The highest BCUT2D eigenvalue weighted by atomic mass is 32.2. The van der Waals surface area contributed by atoms with Crippen LogP contribution in [0.1, 0.15) is 6.92 Å². The fourth-order valence-electron chi connectivity index (χ4n) is 4.62. The van der Waals surface area contributed by atoms with Gasteiger partial charge in [-0.15, -0.1) is 10.2 Å². The molecule has 22 heteroatoms. The smallest absolute Gasteiger partial charge is 0.315 e. The molecule has 0 saturated heterocycles. The molecule has 5 rings (SSSR count). The third kappa shape index (κ3) is 7.53. The average Bonchev–Trinajstić information content (AvgIpc) is 2.99. The van der Waals surface area contributed by atoms with Crippen molar-refractivity contribution in [2.45, 2.75) is 21.6 Å². The number of aromatic nitrogens is 3. The van der Waals surface area contributed by atoms with Gasteiger partial charge < -0.3 is 21.1 Å². The van der Waals surface area contributed by atoms with Crippen LogP contribution in [0, 0.1) is 6.08 Å². The van der Waals surface area contributed by atoms with Gasteiger partial charge in [0.05, 0.1) is 16.0 Å². The number of nitrogen functional groups attached to an aromatic ring is 1. The van der Waals surface area contributed by atoms with Crippen LogP contribution >= 0.6 is 0 Å². The van der Waals surface area contributed by atoms with Crippen LogP contribution in [-0.2, 0) is 30.4 Å². The zero-order valence-corrected chi connectivity index (χ0v) is 27.1. The Morgan fingerprint density at radius 2 is 1.51 bits per heavy atom. The molecule has 5 aromatic rings. The van der Waals surface area contributed by atoms with Gasteiger partial charge in [0.25, 0.3) is 30.4 Å². The topological polar surface area (TPSA) is 288 Å². The molecule has 49 heavy (non-hydrogen) atoms. The number of benzene rings is 4. The Bertz CT molecular complexity index is 2490. The molecule has 7 N–H and O–H groups in total. The summed E-state index contributed by atoms with van der Waals surface area (Å²) in [6.45, 7) is 2.12. The molecule has 0 bridgehead atoms. The molecular formula is C27H23FN8O10S3. The molecule has 0 fully saturated rings. The highest BCUT2D eigenvalue weighted by Crippen LogP contribution is 2.44. The van der Waals surface area contributed by atoms with Crippen molar-refractivity contribution in [3.05, 3.63) is 72.8 Å². The highest BCUT2D eigenvalue weighted by molar-refractivity contribution is 7.86. The minimum Gasteiger partial charge on any atom is -0.507 e. The van der Waals surface area contributed by atoms with Crippen LogP contribution < -0.4 is 16.0 Å². The lowest BCUT2D eigenvalue weighted by atomic mass is 10.1. The van der Waals surface area contributed by atoms with Gasteiger partial charge in [-0.3, -0.25) is 13.7 Å². The van der Waals surface area contributed by atoms with Crippen LogP contribution in [0.5, 0.6) is 5.75 Å². The highest BCUT2D eigenvalue weighted by Gasteiger charge is 2.25. The van der Waals surface area contributed by atoms with E-state index in [-0.39, 0.29) is 17.6 Å². The monoisotopic (exact) mass is 734 g/mol. The summed E-state index contributed by atoms with van der Waals surface area (Å²) in [4.78, 5) is 10.5. The third-order valence-corrected chi connectivity index (χ3v) is 9.34. The third-order valence-electron chi connectivity index (χ3n) is 6.71. The summed E-state index contributed by atoms with van der Waals surface area (Å²) in [7, 11) is -15.0. The number of nitrogens with two attached hydrogens (primary N) is 1. The van der Waals surface area contributed by atoms with Crippen molar-refractivity contribution in [1.82, 2.24) is 15.0 Å². The number of azo groups is 1. The molecule has 0 aliphatic rings. The van der Waals surface area contributed by atoms with Gasteiger partial charge in [-0.1, -0.05) is 18.2 Å². The fourth-order valence-corrected chi connectivity index (χ4v) is 6.41. The largest absolute Gasteiger partial charge is 0.507 e. The molecule has 0 amide bonds. The lowest BCUT2D eigenvalue weighted by molar-refractivity contribution is 0.471. The summed E-state index contributed by atoms with van der Waals surface area (Å²) in [5, 5.41) is 20.1. The second-order valence-electron chi connectivity index (χ2n) is 9.92. The number of aromatic hydroxyl groups is 1. The van der Waals surface area contributed by atoms with Crippen LogP contribution in [-0.4, -0.2) is 65.5 Å². The second-order valence-corrected chi connectivity index (χ2v) is 14.1. The van der Waals surface area contributed by atoms with Gasteiger partial charge in [-0.2, -0.15) is 44.6 Å². The van der Waals surface area contributed by atoms with Crippen LogP contribution in [0.3, 0.4) is 0 Å². The lowest BCUT2D eigenvalue weighted by Gasteiger charge is -2.21. The Kier molecular flexibility index (Phi) is 9.20. The van der Waals surface area contributed by atoms with Crippen molar-refractivity contribution < 1.29 is 48.4 Å². The van der Waals surface area contributed by atoms with Crippen LogP contribution in [0.4, 0.5) is 44.7 Å². The van der Waals surface area contributed by atoms with Gasteiger partial charge in [-0.05, 0) is 54.8 Å². The number of halogens is 1. The molecule has 1 heterocycles. The average molecular weight is 735 g/mol. The Labute approximate surface area is 277 Å². The quantitative estimate of drug-likeness (QED) is 0.0653. The normalized spacial score (nSPS) is 12.4. The predicted octanol–water partition coefficient (Wildman–Crippen LogP) is 4.51. The molecule has 0 atom stereocenters. The molecule has 256 valence electrons. The first-order valence-electron chi connectivity index (χ1n) is 13.5.